The number of aromatic nitrogens is 3. The second-order valence-corrected chi connectivity index (χ2v) is 7.09. The van der Waals surface area contributed by atoms with Gasteiger partial charge in [-0.2, -0.15) is 0 Å². The zero-order valence-electron chi connectivity index (χ0n) is 15.6. The Bertz CT molecular complexity index is 1160. The molecule has 2 aromatic carbocycles. The first-order valence-electron chi connectivity index (χ1n) is 9.13. The lowest BCUT2D eigenvalue weighted by Gasteiger charge is -2.17. The molecule has 146 valence electrons. The molecule has 2 aromatic heterocycles. The highest BCUT2D eigenvalue weighted by Gasteiger charge is 2.20. The van der Waals surface area contributed by atoms with Crippen molar-refractivity contribution in [3.05, 3.63) is 94.8 Å². The van der Waals surface area contributed by atoms with Crippen LogP contribution in [0.3, 0.4) is 0 Å². The van der Waals surface area contributed by atoms with Crippen molar-refractivity contribution in [1.82, 2.24) is 19.9 Å². The van der Waals surface area contributed by atoms with Crippen LogP contribution in [0.5, 0.6) is 0 Å². The lowest BCUT2D eigenvalue weighted by atomic mass is 10.2. The van der Waals surface area contributed by atoms with Crippen molar-refractivity contribution in [3.8, 4) is 0 Å². The summed E-state index contributed by atoms with van der Waals surface area (Å²) in [7, 11) is 0. The maximum Gasteiger partial charge on any atom is 0.253 e. The second-order valence-electron chi connectivity index (χ2n) is 6.68. The van der Waals surface area contributed by atoms with E-state index in [4.69, 9.17) is 11.6 Å². The van der Waals surface area contributed by atoms with Gasteiger partial charge in [-0.25, -0.2) is 9.37 Å². The highest BCUT2D eigenvalue weighted by atomic mass is 35.5. The molecule has 2 heterocycles. The van der Waals surface area contributed by atoms with Gasteiger partial charge in [-0.15, -0.1) is 0 Å². The van der Waals surface area contributed by atoms with Crippen LogP contribution in [0.4, 0.5) is 4.39 Å². The summed E-state index contributed by atoms with van der Waals surface area (Å²) in [5, 5.41) is 3.29. The highest BCUT2D eigenvalue weighted by Crippen LogP contribution is 2.26. The Kier molecular flexibility index (Phi) is 5.27. The van der Waals surface area contributed by atoms with E-state index in [0.29, 0.717) is 22.0 Å². The Morgan fingerprint density at radius 3 is 2.76 bits per heavy atom. The zero-order valence-corrected chi connectivity index (χ0v) is 16.4. The molecule has 4 aromatic rings. The summed E-state index contributed by atoms with van der Waals surface area (Å²) in [6, 6.07) is 15.2. The number of nitrogens with one attached hydrogen (secondary N) is 1. The number of hydrogen-bond acceptors (Lipinski definition) is 3. The van der Waals surface area contributed by atoms with Gasteiger partial charge in [0.1, 0.15) is 11.6 Å². The van der Waals surface area contributed by atoms with Crippen LogP contribution < -0.4 is 5.32 Å². The van der Waals surface area contributed by atoms with Crippen molar-refractivity contribution in [2.24, 2.45) is 0 Å². The number of rotatable bonds is 5. The summed E-state index contributed by atoms with van der Waals surface area (Å²) in [6.45, 7) is 2.05. The minimum Gasteiger partial charge on any atom is -0.342 e. The molecule has 29 heavy (non-hydrogen) atoms. The minimum atomic E-state index is -0.416. The minimum absolute atomic E-state index is 0.203. The van der Waals surface area contributed by atoms with E-state index < -0.39 is 6.04 Å². The van der Waals surface area contributed by atoms with E-state index in [9.17, 15) is 9.18 Å². The Morgan fingerprint density at radius 1 is 1.17 bits per heavy atom. The van der Waals surface area contributed by atoms with Crippen molar-refractivity contribution in [1.29, 1.82) is 0 Å². The van der Waals surface area contributed by atoms with Gasteiger partial charge in [0.25, 0.3) is 5.91 Å². The smallest absolute Gasteiger partial charge is 0.253 e. The monoisotopic (exact) mass is 408 g/mol. The lowest BCUT2D eigenvalue weighted by molar-refractivity contribution is 0.0937. The van der Waals surface area contributed by atoms with E-state index >= 15 is 0 Å². The first kappa shape index (κ1) is 19.1. The number of pyridine rings is 1. The maximum atomic E-state index is 14.4. The number of benzene rings is 2. The summed E-state index contributed by atoms with van der Waals surface area (Å²) in [6.07, 6.45) is 3.11. The molecular formula is C22H18ClFN4O. The van der Waals surface area contributed by atoms with E-state index in [1.165, 1.54) is 12.3 Å². The molecule has 1 amide bonds. The maximum absolute atomic E-state index is 14.4. The third kappa shape index (κ3) is 3.84. The average molecular weight is 409 g/mol. The number of carbonyl (C=O) groups is 1. The van der Waals surface area contributed by atoms with E-state index in [0.717, 1.165) is 11.0 Å². The molecule has 0 aliphatic rings. The third-order valence-electron chi connectivity index (χ3n) is 4.72. The molecule has 0 radical (unpaired) electrons. The number of carbonyl (C=O) groups excluding carboxylic acids is 1. The van der Waals surface area contributed by atoms with E-state index in [1.54, 1.807) is 30.5 Å². The Balaban J connectivity index is 1.72. The molecule has 4 rings (SSSR count). The fourth-order valence-electron chi connectivity index (χ4n) is 3.27. The number of nitrogens with zero attached hydrogens (tertiary/aromatic N) is 3. The van der Waals surface area contributed by atoms with Gasteiger partial charge in [-0.1, -0.05) is 29.8 Å². The van der Waals surface area contributed by atoms with Crippen LogP contribution >= 0.6 is 11.6 Å². The molecule has 7 heteroatoms. The number of amides is 1. The van der Waals surface area contributed by atoms with E-state index in [2.05, 4.69) is 15.3 Å². The highest BCUT2D eigenvalue weighted by molar-refractivity contribution is 6.31. The molecule has 5 nitrogen and oxygen atoms in total. The van der Waals surface area contributed by atoms with Crippen LogP contribution in [0.15, 0.2) is 67.0 Å². The van der Waals surface area contributed by atoms with Gasteiger partial charge < -0.3 is 9.88 Å². The van der Waals surface area contributed by atoms with Crippen LogP contribution in [0, 0.1) is 5.82 Å². The molecule has 1 unspecified atom stereocenters. The lowest BCUT2D eigenvalue weighted by Crippen LogP contribution is -2.29. The summed E-state index contributed by atoms with van der Waals surface area (Å²) < 4.78 is 16.3. The van der Waals surface area contributed by atoms with Crippen LogP contribution in [0.2, 0.25) is 5.02 Å². The van der Waals surface area contributed by atoms with Crippen molar-refractivity contribution in [2.45, 2.75) is 19.5 Å². The number of fused-ring (bicyclic) bond motifs is 1. The number of para-hydroxylation sites is 2. The number of halogens is 2. The predicted molar refractivity (Wildman–Crippen MR) is 110 cm³/mol. The summed E-state index contributed by atoms with van der Waals surface area (Å²) in [5.74, 6) is -0.0239. The Morgan fingerprint density at radius 2 is 2.00 bits per heavy atom. The summed E-state index contributed by atoms with van der Waals surface area (Å²) in [4.78, 5) is 21.2. The molecule has 1 atom stereocenters. The standard InChI is InChI=1S/C22H18ClFN4O/c1-14(26-22(29)15-6-5-11-25-12-15)21-27-19-9-2-3-10-20(19)28(21)13-16-17(23)7-4-8-18(16)24/h2-12,14H,13H2,1H3,(H,26,29). The van der Waals surface area contributed by atoms with Gasteiger partial charge in [-0.3, -0.25) is 9.78 Å². The number of imidazole rings is 1. The quantitative estimate of drug-likeness (QED) is 0.517. The predicted octanol–water partition coefficient (Wildman–Crippen LogP) is 4.76. The van der Waals surface area contributed by atoms with Gasteiger partial charge in [0.2, 0.25) is 0 Å². The fraction of sp³-hybridized carbons (Fsp3) is 0.136. The van der Waals surface area contributed by atoms with Crippen LogP contribution in [0.25, 0.3) is 11.0 Å². The van der Waals surface area contributed by atoms with E-state index in [1.807, 2.05) is 35.8 Å². The van der Waals surface area contributed by atoms with E-state index in [-0.39, 0.29) is 18.3 Å². The largest absolute Gasteiger partial charge is 0.342 e. The molecular weight excluding hydrogens is 391 g/mol. The fourth-order valence-corrected chi connectivity index (χ4v) is 3.50. The van der Waals surface area contributed by atoms with Crippen molar-refractivity contribution in [2.75, 3.05) is 0 Å². The zero-order chi connectivity index (χ0) is 20.4. The van der Waals surface area contributed by atoms with Gasteiger partial charge >= 0.3 is 0 Å². The normalized spacial score (nSPS) is 12.1. The molecule has 1 N–H and O–H groups in total. The van der Waals surface area contributed by atoms with Gasteiger partial charge in [0.15, 0.2) is 0 Å². The van der Waals surface area contributed by atoms with Gasteiger partial charge in [0.05, 0.1) is 29.2 Å². The molecule has 0 saturated heterocycles. The second kappa shape index (κ2) is 8.01. The van der Waals surface area contributed by atoms with Crippen LogP contribution in [-0.4, -0.2) is 20.4 Å². The molecule has 0 bridgehead atoms. The first-order valence-corrected chi connectivity index (χ1v) is 9.51. The third-order valence-corrected chi connectivity index (χ3v) is 5.07. The molecule has 0 saturated carbocycles. The van der Waals surface area contributed by atoms with Crippen molar-refractivity contribution >= 4 is 28.5 Å². The number of hydrogen-bond donors (Lipinski definition) is 1. The summed E-state index contributed by atoms with van der Waals surface area (Å²) >= 11 is 6.24. The van der Waals surface area contributed by atoms with Crippen LogP contribution in [-0.2, 0) is 6.54 Å². The van der Waals surface area contributed by atoms with Crippen molar-refractivity contribution < 1.29 is 9.18 Å². The molecule has 0 fully saturated rings. The van der Waals surface area contributed by atoms with Gasteiger partial charge in [0, 0.05) is 23.0 Å². The Labute approximate surface area is 172 Å². The molecule has 0 spiro atoms. The SMILES string of the molecule is CC(NC(=O)c1cccnc1)c1nc2ccccc2n1Cc1c(F)cccc1Cl. The van der Waals surface area contributed by atoms with Crippen LogP contribution in [0.1, 0.15) is 34.7 Å². The average Bonchev–Trinajstić information content (AvgIpc) is 3.10. The summed E-state index contributed by atoms with van der Waals surface area (Å²) in [5.41, 5.74) is 2.44. The van der Waals surface area contributed by atoms with Gasteiger partial charge in [-0.05, 0) is 43.3 Å². The Hall–Kier alpha value is -3.25. The first-order chi connectivity index (χ1) is 14.0. The molecule has 0 aliphatic heterocycles. The molecule has 0 aliphatic carbocycles. The topological polar surface area (TPSA) is 59.8 Å². The van der Waals surface area contributed by atoms with Crippen molar-refractivity contribution in [3.63, 3.8) is 0 Å².